The summed E-state index contributed by atoms with van der Waals surface area (Å²) in [7, 11) is 1.75. The largest absolute Gasteiger partial charge is 0.496 e. The van der Waals surface area contributed by atoms with E-state index in [-0.39, 0.29) is 0 Å². The second kappa shape index (κ2) is 4.46. The third kappa shape index (κ3) is 2.38. The van der Waals surface area contributed by atoms with Crippen molar-refractivity contribution in [3.05, 3.63) is 28.8 Å². The average molecular weight is 220 g/mol. The molecule has 0 radical (unpaired) electrons. The summed E-state index contributed by atoms with van der Waals surface area (Å²) >= 11 is 0. The lowest BCUT2D eigenvalue weighted by Crippen LogP contribution is -1.99. The first-order chi connectivity index (χ1) is 7.61. The molecule has 0 aliphatic carbocycles. The predicted octanol–water partition coefficient (Wildman–Crippen LogP) is 3.03. The first-order valence-corrected chi connectivity index (χ1v) is 5.91. The molecule has 0 bridgehead atoms. The number of aryl methyl sites for hydroxylation is 3. The second-order valence-corrected chi connectivity index (χ2v) is 4.69. The van der Waals surface area contributed by atoms with Crippen LogP contribution in [0.3, 0.4) is 0 Å². The Kier molecular flexibility index (Phi) is 3.20. The van der Waals surface area contributed by atoms with Crippen molar-refractivity contribution >= 4 is 0 Å². The number of ether oxygens (including phenoxy) is 2. The number of epoxide rings is 1. The summed E-state index contributed by atoms with van der Waals surface area (Å²) in [5.41, 5.74) is 3.84. The van der Waals surface area contributed by atoms with Crippen molar-refractivity contribution in [1.82, 2.24) is 0 Å². The first-order valence-electron chi connectivity index (χ1n) is 5.91. The summed E-state index contributed by atoms with van der Waals surface area (Å²) in [6.07, 6.45) is 3.06. The van der Waals surface area contributed by atoms with Crippen molar-refractivity contribution in [3.8, 4) is 5.75 Å². The van der Waals surface area contributed by atoms with E-state index >= 15 is 0 Å². The van der Waals surface area contributed by atoms with Gasteiger partial charge in [0.05, 0.1) is 19.3 Å². The van der Waals surface area contributed by atoms with E-state index in [4.69, 9.17) is 9.47 Å². The molecule has 1 aliphatic rings. The van der Waals surface area contributed by atoms with Crippen molar-refractivity contribution in [2.24, 2.45) is 0 Å². The van der Waals surface area contributed by atoms with Crippen LogP contribution < -0.4 is 4.74 Å². The van der Waals surface area contributed by atoms with Crippen molar-refractivity contribution in [1.29, 1.82) is 0 Å². The van der Waals surface area contributed by atoms with Crippen LogP contribution in [0, 0.1) is 13.8 Å². The minimum Gasteiger partial charge on any atom is -0.496 e. The summed E-state index contributed by atoms with van der Waals surface area (Å²) in [6.45, 7) is 6.36. The Labute approximate surface area is 97.6 Å². The summed E-state index contributed by atoms with van der Waals surface area (Å²) in [4.78, 5) is 0. The lowest BCUT2D eigenvalue weighted by atomic mass is 10.0. The molecule has 16 heavy (non-hydrogen) atoms. The maximum Gasteiger partial charge on any atom is 0.124 e. The minimum atomic E-state index is 0.455. The van der Waals surface area contributed by atoms with Gasteiger partial charge in [0.1, 0.15) is 5.75 Å². The molecule has 1 saturated heterocycles. The minimum absolute atomic E-state index is 0.455. The Morgan fingerprint density at radius 1 is 1.31 bits per heavy atom. The first kappa shape index (κ1) is 11.5. The van der Waals surface area contributed by atoms with Crippen molar-refractivity contribution in [2.75, 3.05) is 7.11 Å². The highest BCUT2D eigenvalue weighted by molar-refractivity contribution is 5.43. The van der Waals surface area contributed by atoms with Crippen molar-refractivity contribution < 1.29 is 9.47 Å². The fourth-order valence-electron chi connectivity index (χ4n) is 2.35. The molecule has 2 atom stereocenters. The number of methoxy groups -OCH3 is 1. The van der Waals surface area contributed by atoms with Gasteiger partial charge in [-0.05, 0) is 44.7 Å². The number of hydrogen-bond donors (Lipinski definition) is 0. The molecule has 88 valence electrons. The molecule has 2 rings (SSSR count). The molecule has 1 aromatic rings. The highest BCUT2D eigenvalue weighted by Crippen LogP contribution is 2.30. The third-order valence-corrected chi connectivity index (χ3v) is 3.23. The van der Waals surface area contributed by atoms with Crippen LogP contribution in [-0.2, 0) is 11.2 Å². The van der Waals surface area contributed by atoms with Gasteiger partial charge in [-0.1, -0.05) is 17.7 Å². The zero-order valence-corrected chi connectivity index (χ0v) is 10.5. The van der Waals surface area contributed by atoms with E-state index in [0.717, 1.165) is 18.6 Å². The van der Waals surface area contributed by atoms with Gasteiger partial charge < -0.3 is 9.47 Å². The van der Waals surface area contributed by atoms with E-state index in [0.29, 0.717) is 12.2 Å². The van der Waals surface area contributed by atoms with E-state index in [1.807, 2.05) is 0 Å². The van der Waals surface area contributed by atoms with Gasteiger partial charge >= 0.3 is 0 Å². The van der Waals surface area contributed by atoms with Crippen LogP contribution >= 0.6 is 0 Å². The molecule has 2 heteroatoms. The number of hydrogen-bond acceptors (Lipinski definition) is 2. The quantitative estimate of drug-likeness (QED) is 0.727. The molecular formula is C14H20O2. The van der Waals surface area contributed by atoms with Crippen molar-refractivity contribution in [2.45, 2.75) is 45.8 Å². The van der Waals surface area contributed by atoms with Crippen LogP contribution in [-0.4, -0.2) is 19.3 Å². The molecule has 0 aromatic heterocycles. The molecule has 2 nitrogen and oxygen atoms in total. The van der Waals surface area contributed by atoms with Gasteiger partial charge in [-0.3, -0.25) is 0 Å². The number of benzene rings is 1. The molecule has 0 spiro atoms. The zero-order valence-electron chi connectivity index (χ0n) is 10.5. The summed E-state index contributed by atoms with van der Waals surface area (Å²) in [5.74, 6) is 1.04. The monoisotopic (exact) mass is 220 g/mol. The third-order valence-electron chi connectivity index (χ3n) is 3.23. The molecule has 1 fully saturated rings. The smallest absolute Gasteiger partial charge is 0.124 e. The van der Waals surface area contributed by atoms with Gasteiger partial charge in [-0.25, -0.2) is 0 Å². The average Bonchev–Trinajstić information content (AvgIpc) is 2.91. The van der Waals surface area contributed by atoms with Crippen LogP contribution in [0.4, 0.5) is 0 Å². The lowest BCUT2D eigenvalue weighted by Gasteiger charge is -2.12. The zero-order chi connectivity index (χ0) is 11.7. The molecular weight excluding hydrogens is 200 g/mol. The lowest BCUT2D eigenvalue weighted by molar-refractivity contribution is 0.368. The number of rotatable bonds is 4. The van der Waals surface area contributed by atoms with Gasteiger partial charge in [0, 0.05) is 0 Å². The molecule has 0 saturated carbocycles. The predicted molar refractivity (Wildman–Crippen MR) is 65.1 cm³/mol. The molecule has 0 amide bonds. The van der Waals surface area contributed by atoms with Crippen LogP contribution in [0.25, 0.3) is 0 Å². The molecule has 2 unspecified atom stereocenters. The Balaban J connectivity index is 2.11. The SMILES string of the molecule is COc1c(C)cc(C)cc1CCC1OC1C. The summed E-state index contributed by atoms with van der Waals surface area (Å²) < 4.78 is 10.9. The Morgan fingerprint density at radius 3 is 2.56 bits per heavy atom. The van der Waals surface area contributed by atoms with Gasteiger partial charge in [0.25, 0.3) is 0 Å². The molecule has 1 aromatic carbocycles. The van der Waals surface area contributed by atoms with Crippen LogP contribution in [0.1, 0.15) is 30.0 Å². The van der Waals surface area contributed by atoms with Gasteiger partial charge in [-0.2, -0.15) is 0 Å². The van der Waals surface area contributed by atoms with E-state index in [2.05, 4.69) is 32.9 Å². The van der Waals surface area contributed by atoms with E-state index < -0.39 is 0 Å². The molecule has 1 aliphatic heterocycles. The summed E-state index contributed by atoms with van der Waals surface area (Å²) in [5, 5.41) is 0. The van der Waals surface area contributed by atoms with Crippen LogP contribution in [0.5, 0.6) is 5.75 Å². The van der Waals surface area contributed by atoms with Crippen molar-refractivity contribution in [3.63, 3.8) is 0 Å². The van der Waals surface area contributed by atoms with Gasteiger partial charge in [-0.15, -0.1) is 0 Å². The van der Waals surface area contributed by atoms with Gasteiger partial charge in [0.2, 0.25) is 0 Å². The van der Waals surface area contributed by atoms with Gasteiger partial charge in [0.15, 0.2) is 0 Å². The topological polar surface area (TPSA) is 21.8 Å². The van der Waals surface area contributed by atoms with Crippen LogP contribution in [0.2, 0.25) is 0 Å². The van der Waals surface area contributed by atoms with Crippen LogP contribution in [0.15, 0.2) is 12.1 Å². The second-order valence-electron chi connectivity index (χ2n) is 4.69. The van der Waals surface area contributed by atoms with E-state index in [1.165, 1.54) is 16.7 Å². The Bertz CT molecular complexity index is 385. The highest BCUT2D eigenvalue weighted by Gasteiger charge is 2.33. The maximum atomic E-state index is 5.47. The summed E-state index contributed by atoms with van der Waals surface area (Å²) in [6, 6.07) is 4.39. The normalized spacial score (nSPS) is 23.2. The Morgan fingerprint density at radius 2 is 2.00 bits per heavy atom. The highest BCUT2D eigenvalue weighted by atomic mass is 16.6. The molecule has 0 N–H and O–H groups in total. The maximum absolute atomic E-state index is 5.47. The van der Waals surface area contributed by atoms with E-state index in [9.17, 15) is 0 Å². The van der Waals surface area contributed by atoms with E-state index in [1.54, 1.807) is 7.11 Å². The Hall–Kier alpha value is -1.02. The fraction of sp³-hybridized carbons (Fsp3) is 0.571. The molecule has 1 heterocycles. The standard InChI is InChI=1S/C14H20O2/c1-9-7-10(2)14(15-4)12(8-9)5-6-13-11(3)16-13/h7-8,11,13H,5-6H2,1-4H3. The fourth-order valence-corrected chi connectivity index (χ4v) is 2.35.